The minimum atomic E-state index is 0.506. The SMILES string of the molecule is NCc1c[nH]c2ccc(OCl)cc12. The molecule has 0 amide bonds. The fourth-order valence-electron chi connectivity index (χ4n) is 1.37. The molecule has 0 saturated carbocycles. The van der Waals surface area contributed by atoms with Crippen LogP contribution in [0.1, 0.15) is 5.56 Å². The first-order valence-electron chi connectivity index (χ1n) is 3.94. The van der Waals surface area contributed by atoms with Crippen molar-refractivity contribution in [1.29, 1.82) is 0 Å². The number of benzene rings is 1. The molecule has 0 bridgehead atoms. The lowest BCUT2D eigenvalue weighted by Gasteiger charge is -1.97. The molecule has 0 saturated heterocycles. The summed E-state index contributed by atoms with van der Waals surface area (Å²) < 4.78 is 4.61. The van der Waals surface area contributed by atoms with Gasteiger partial charge in [0.2, 0.25) is 0 Å². The third kappa shape index (κ3) is 1.36. The molecule has 1 aromatic heterocycles. The summed E-state index contributed by atoms with van der Waals surface area (Å²) in [7, 11) is 0. The Balaban J connectivity index is 2.64. The minimum Gasteiger partial charge on any atom is -0.386 e. The Morgan fingerprint density at radius 3 is 3.00 bits per heavy atom. The van der Waals surface area contributed by atoms with Gasteiger partial charge in [0.15, 0.2) is 0 Å². The molecule has 13 heavy (non-hydrogen) atoms. The van der Waals surface area contributed by atoms with Crippen LogP contribution < -0.4 is 10.0 Å². The maximum absolute atomic E-state index is 5.56. The summed E-state index contributed by atoms with van der Waals surface area (Å²) in [6, 6.07) is 5.57. The van der Waals surface area contributed by atoms with Crippen molar-refractivity contribution < 1.29 is 4.29 Å². The fraction of sp³-hybridized carbons (Fsp3) is 0.111. The Morgan fingerprint density at radius 1 is 1.46 bits per heavy atom. The van der Waals surface area contributed by atoms with Crippen LogP contribution in [-0.2, 0) is 6.54 Å². The second-order valence-electron chi connectivity index (χ2n) is 2.80. The number of fused-ring (bicyclic) bond motifs is 1. The lowest BCUT2D eigenvalue weighted by molar-refractivity contribution is 0.620. The van der Waals surface area contributed by atoms with Gasteiger partial charge in [-0.15, -0.1) is 0 Å². The molecule has 0 radical (unpaired) electrons. The maximum Gasteiger partial charge on any atom is 0.147 e. The summed E-state index contributed by atoms with van der Waals surface area (Å²) in [5.74, 6) is 0.628. The fourth-order valence-corrected chi connectivity index (χ4v) is 1.47. The number of aromatic amines is 1. The van der Waals surface area contributed by atoms with Gasteiger partial charge in [-0.25, -0.2) is 0 Å². The second kappa shape index (κ2) is 3.28. The third-order valence-electron chi connectivity index (χ3n) is 2.05. The second-order valence-corrected chi connectivity index (χ2v) is 2.96. The number of hydrogen-bond donors (Lipinski definition) is 2. The average molecular weight is 197 g/mol. The first kappa shape index (κ1) is 8.41. The quantitative estimate of drug-likeness (QED) is 0.774. The summed E-state index contributed by atoms with van der Waals surface area (Å²) in [6.07, 6.45) is 1.89. The Kier molecular flexibility index (Phi) is 2.12. The highest BCUT2D eigenvalue weighted by Crippen LogP contribution is 2.23. The van der Waals surface area contributed by atoms with E-state index in [0.717, 1.165) is 16.5 Å². The van der Waals surface area contributed by atoms with Gasteiger partial charge in [0.25, 0.3) is 0 Å². The highest BCUT2D eigenvalue weighted by atomic mass is 35.5. The lowest BCUT2D eigenvalue weighted by atomic mass is 10.2. The average Bonchev–Trinajstić information content (AvgIpc) is 2.59. The number of H-pyrrole nitrogens is 1. The zero-order chi connectivity index (χ0) is 9.26. The monoisotopic (exact) mass is 196 g/mol. The summed E-state index contributed by atoms with van der Waals surface area (Å²) in [4.78, 5) is 3.11. The molecule has 0 spiro atoms. The number of rotatable bonds is 2. The van der Waals surface area contributed by atoms with Crippen molar-refractivity contribution >= 4 is 22.8 Å². The van der Waals surface area contributed by atoms with E-state index in [1.807, 2.05) is 18.3 Å². The van der Waals surface area contributed by atoms with E-state index in [2.05, 4.69) is 9.27 Å². The Hall–Kier alpha value is -1.19. The van der Waals surface area contributed by atoms with Crippen LogP contribution in [0.3, 0.4) is 0 Å². The van der Waals surface area contributed by atoms with E-state index in [1.165, 1.54) is 0 Å². The molecule has 0 aliphatic heterocycles. The smallest absolute Gasteiger partial charge is 0.147 e. The van der Waals surface area contributed by atoms with Gasteiger partial charge in [-0.1, -0.05) is 0 Å². The van der Waals surface area contributed by atoms with Crippen molar-refractivity contribution in [3.05, 3.63) is 30.0 Å². The van der Waals surface area contributed by atoms with E-state index < -0.39 is 0 Å². The molecule has 0 atom stereocenters. The molecule has 0 aliphatic rings. The van der Waals surface area contributed by atoms with Crippen LogP contribution in [0.2, 0.25) is 0 Å². The molecule has 2 rings (SSSR count). The van der Waals surface area contributed by atoms with Crippen molar-refractivity contribution in [3.63, 3.8) is 0 Å². The van der Waals surface area contributed by atoms with Gasteiger partial charge < -0.3 is 15.0 Å². The van der Waals surface area contributed by atoms with Gasteiger partial charge >= 0.3 is 0 Å². The van der Waals surface area contributed by atoms with Gasteiger partial charge in [-0.2, -0.15) is 0 Å². The Labute approximate surface area is 80.6 Å². The molecule has 68 valence electrons. The number of nitrogens with one attached hydrogen (secondary N) is 1. The highest BCUT2D eigenvalue weighted by Gasteiger charge is 2.03. The van der Waals surface area contributed by atoms with E-state index in [-0.39, 0.29) is 0 Å². The van der Waals surface area contributed by atoms with E-state index in [1.54, 1.807) is 6.07 Å². The molecule has 0 aliphatic carbocycles. The van der Waals surface area contributed by atoms with Crippen molar-refractivity contribution in [2.24, 2.45) is 5.73 Å². The van der Waals surface area contributed by atoms with Crippen LogP contribution in [0.15, 0.2) is 24.4 Å². The Bertz CT molecular complexity index is 424. The molecule has 0 fully saturated rings. The molecule has 3 N–H and O–H groups in total. The summed E-state index contributed by atoms with van der Waals surface area (Å²) >= 11 is 5.25. The maximum atomic E-state index is 5.56. The van der Waals surface area contributed by atoms with E-state index >= 15 is 0 Å². The Morgan fingerprint density at radius 2 is 2.31 bits per heavy atom. The van der Waals surface area contributed by atoms with Crippen molar-refractivity contribution in [3.8, 4) is 5.75 Å². The van der Waals surface area contributed by atoms with Crippen LogP contribution in [0.5, 0.6) is 5.75 Å². The van der Waals surface area contributed by atoms with Gasteiger partial charge in [0.1, 0.15) is 17.6 Å². The van der Waals surface area contributed by atoms with Crippen molar-refractivity contribution in [1.82, 2.24) is 4.98 Å². The van der Waals surface area contributed by atoms with Gasteiger partial charge in [0.05, 0.1) is 0 Å². The van der Waals surface area contributed by atoms with Gasteiger partial charge in [-0.3, -0.25) is 0 Å². The highest BCUT2D eigenvalue weighted by molar-refractivity contribution is 6.09. The molecule has 3 nitrogen and oxygen atoms in total. The first-order chi connectivity index (χ1) is 6.35. The van der Waals surface area contributed by atoms with E-state index in [4.69, 9.17) is 17.6 Å². The topological polar surface area (TPSA) is 51.0 Å². The van der Waals surface area contributed by atoms with Crippen molar-refractivity contribution in [2.75, 3.05) is 0 Å². The number of aromatic nitrogens is 1. The van der Waals surface area contributed by atoms with Crippen molar-refractivity contribution in [2.45, 2.75) is 6.54 Å². The summed E-state index contributed by atoms with van der Waals surface area (Å²) in [6.45, 7) is 0.506. The third-order valence-corrected chi connectivity index (χ3v) is 2.23. The molecular formula is C9H9ClN2O. The van der Waals surface area contributed by atoms with Crippen LogP contribution in [-0.4, -0.2) is 4.98 Å². The summed E-state index contributed by atoms with van der Waals surface area (Å²) in [5.41, 5.74) is 7.66. The van der Waals surface area contributed by atoms with Crippen LogP contribution in [0, 0.1) is 0 Å². The normalized spacial score (nSPS) is 10.6. The lowest BCUT2D eigenvalue weighted by Crippen LogP contribution is -1.93. The molecule has 1 heterocycles. The van der Waals surface area contributed by atoms with Crippen LogP contribution in [0.25, 0.3) is 10.9 Å². The van der Waals surface area contributed by atoms with E-state index in [9.17, 15) is 0 Å². The van der Waals surface area contributed by atoms with Gasteiger partial charge in [0, 0.05) is 23.6 Å². The number of nitrogens with two attached hydrogens (primary N) is 1. The number of halogens is 1. The standard InChI is InChI=1S/C9H9ClN2O/c10-13-7-1-2-9-8(3-7)6(4-11)5-12-9/h1-3,5,12H,4,11H2. The molecular weight excluding hydrogens is 188 g/mol. The number of hydrogen-bond acceptors (Lipinski definition) is 2. The predicted octanol–water partition coefficient (Wildman–Crippen LogP) is 2.16. The van der Waals surface area contributed by atoms with E-state index in [0.29, 0.717) is 12.3 Å². The first-order valence-corrected chi connectivity index (χ1v) is 4.24. The molecule has 1 aromatic carbocycles. The predicted molar refractivity (Wildman–Crippen MR) is 52.7 cm³/mol. The minimum absolute atomic E-state index is 0.506. The molecule has 0 unspecified atom stereocenters. The largest absolute Gasteiger partial charge is 0.386 e. The zero-order valence-corrected chi connectivity index (χ0v) is 7.64. The molecule has 4 heteroatoms. The van der Waals surface area contributed by atoms with Gasteiger partial charge in [-0.05, 0) is 23.8 Å². The molecule has 2 aromatic rings. The zero-order valence-electron chi connectivity index (χ0n) is 6.88. The van der Waals surface area contributed by atoms with Crippen LogP contribution >= 0.6 is 11.9 Å². The summed E-state index contributed by atoms with van der Waals surface area (Å²) in [5, 5.41) is 1.06. The van der Waals surface area contributed by atoms with Crippen LogP contribution in [0.4, 0.5) is 0 Å².